The molecule has 0 unspecified atom stereocenters. The Balaban J connectivity index is 1.84. The molecule has 1 fully saturated rings. The summed E-state index contributed by atoms with van der Waals surface area (Å²) in [5.74, 6) is -0.490. The molecule has 1 saturated carbocycles. The molecule has 1 aromatic carbocycles. The maximum absolute atomic E-state index is 12.1. The van der Waals surface area contributed by atoms with Crippen LogP contribution in [0.1, 0.15) is 50.6 Å². The lowest BCUT2D eigenvalue weighted by molar-refractivity contribution is -0.149. The number of carbonyl (C=O) groups is 3. The van der Waals surface area contributed by atoms with E-state index in [9.17, 15) is 14.4 Å². The Morgan fingerprint density at radius 3 is 2.52 bits per heavy atom. The first-order valence-electron chi connectivity index (χ1n) is 9.11. The van der Waals surface area contributed by atoms with E-state index in [0.717, 1.165) is 19.3 Å². The van der Waals surface area contributed by atoms with Crippen molar-refractivity contribution >= 4 is 29.5 Å². The first-order valence-corrected chi connectivity index (χ1v) is 9.49. The highest BCUT2D eigenvalue weighted by Gasteiger charge is 2.24. The Morgan fingerprint density at radius 2 is 1.89 bits per heavy atom. The summed E-state index contributed by atoms with van der Waals surface area (Å²) in [5, 5.41) is 5.96. The predicted octanol–water partition coefficient (Wildman–Crippen LogP) is 2.68. The number of esters is 1. The SMILES string of the molecule is C[C@H]1CCCC[C@H]1NC(=O)COC(=O)C[C@H](NC(N)=O)c1ccc(Cl)cc1. The largest absolute Gasteiger partial charge is 0.456 e. The zero-order valence-corrected chi connectivity index (χ0v) is 16.1. The van der Waals surface area contributed by atoms with E-state index in [-0.39, 0.29) is 25.0 Å². The van der Waals surface area contributed by atoms with E-state index in [0.29, 0.717) is 16.5 Å². The Hall–Kier alpha value is -2.28. The summed E-state index contributed by atoms with van der Waals surface area (Å²) in [6.45, 7) is 1.77. The fourth-order valence-electron chi connectivity index (χ4n) is 3.27. The summed E-state index contributed by atoms with van der Waals surface area (Å²) in [6, 6.07) is 5.39. The second-order valence-electron chi connectivity index (χ2n) is 6.91. The van der Waals surface area contributed by atoms with E-state index < -0.39 is 18.0 Å². The lowest BCUT2D eigenvalue weighted by atomic mass is 9.86. The zero-order valence-electron chi connectivity index (χ0n) is 15.4. The molecule has 3 atom stereocenters. The number of hydrogen-bond acceptors (Lipinski definition) is 4. The lowest BCUT2D eigenvalue weighted by Crippen LogP contribution is -2.43. The van der Waals surface area contributed by atoms with Gasteiger partial charge in [0.25, 0.3) is 5.91 Å². The molecule has 4 N–H and O–H groups in total. The zero-order chi connectivity index (χ0) is 19.8. The van der Waals surface area contributed by atoms with Crippen LogP contribution in [0.4, 0.5) is 4.79 Å². The van der Waals surface area contributed by atoms with Crippen LogP contribution >= 0.6 is 11.6 Å². The highest BCUT2D eigenvalue weighted by Crippen LogP contribution is 2.23. The van der Waals surface area contributed by atoms with Crippen LogP contribution in [-0.4, -0.2) is 30.6 Å². The van der Waals surface area contributed by atoms with Crippen molar-refractivity contribution in [2.24, 2.45) is 11.7 Å². The van der Waals surface area contributed by atoms with Crippen LogP contribution in [-0.2, 0) is 14.3 Å². The first-order chi connectivity index (χ1) is 12.8. The molecule has 0 heterocycles. The molecular formula is C19H26ClN3O4. The summed E-state index contributed by atoms with van der Waals surface area (Å²) in [6.07, 6.45) is 4.17. The molecule has 0 radical (unpaired) electrons. The number of urea groups is 1. The van der Waals surface area contributed by atoms with Gasteiger partial charge in [0.15, 0.2) is 6.61 Å². The first kappa shape index (κ1) is 21.0. The minimum atomic E-state index is -0.758. The number of hydrogen-bond donors (Lipinski definition) is 3. The standard InChI is InChI=1S/C19H26ClN3O4/c1-12-4-2-3-5-15(12)22-17(24)11-27-18(25)10-16(23-19(21)26)13-6-8-14(20)9-7-13/h6-9,12,15-16H,2-5,10-11H2,1H3,(H,22,24)(H3,21,23,26)/t12-,15+,16-/m0/s1. The van der Waals surface area contributed by atoms with Crippen molar-refractivity contribution in [2.45, 2.75) is 51.1 Å². The van der Waals surface area contributed by atoms with Gasteiger partial charge in [0.1, 0.15) is 0 Å². The molecule has 0 spiro atoms. The van der Waals surface area contributed by atoms with E-state index in [1.165, 1.54) is 6.42 Å². The molecule has 148 valence electrons. The van der Waals surface area contributed by atoms with Gasteiger partial charge in [-0.2, -0.15) is 0 Å². The van der Waals surface area contributed by atoms with Crippen molar-refractivity contribution in [2.75, 3.05) is 6.61 Å². The van der Waals surface area contributed by atoms with E-state index in [1.54, 1.807) is 24.3 Å². The summed E-state index contributed by atoms with van der Waals surface area (Å²) in [7, 11) is 0. The number of halogens is 1. The summed E-state index contributed by atoms with van der Waals surface area (Å²) in [5.41, 5.74) is 5.85. The molecule has 0 bridgehead atoms. The van der Waals surface area contributed by atoms with E-state index in [2.05, 4.69) is 17.6 Å². The third-order valence-electron chi connectivity index (χ3n) is 4.78. The summed E-state index contributed by atoms with van der Waals surface area (Å²) in [4.78, 5) is 35.4. The number of nitrogens with one attached hydrogen (secondary N) is 2. The molecule has 1 aliphatic carbocycles. The topological polar surface area (TPSA) is 111 Å². The van der Waals surface area contributed by atoms with Crippen LogP contribution in [0.5, 0.6) is 0 Å². The molecule has 3 amide bonds. The van der Waals surface area contributed by atoms with E-state index >= 15 is 0 Å². The van der Waals surface area contributed by atoms with Crippen molar-refractivity contribution in [1.82, 2.24) is 10.6 Å². The normalized spacial score (nSPS) is 20.4. The Kier molecular flexibility index (Phi) is 7.91. The molecule has 27 heavy (non-hydrogen) atoms. The van der Waals surface area contributed by atoms with Crippen LogP contribution in [0.15, 0.2) is 24.3 Å². The molecule has 0 aliphatic heterocycles. The Morgan fingerprint density at radius 1 is 1.22 bits per heavy atom. The van der Waals surface area contributed by atoms with Gasteiger partial charge in [0.05, 0.1) is 12.5 Å². The average Bonchev–Trinajstić information content (AvgIpc) is 2.62. The average molecular weight is 396 g/mol. The van der Waals surface area contributed by atoms with E-state index in [4.69, 9.17) is 22.1 Å². The van der Waals surface area contributed by atoms with Crippen molar-refractivity contribution in [1.29, 1.82) is 0 Å². The maximum atomic E-state index is 12.1. The van der Waals surface area contributed by atoms with E-state index in [1.807, 2.05) is 0 Å². The Bertz CT molecular complexity index is 665. The van der Waals surface area contributed by atoms with Gasteiger partial charge < -0.3 is 21.1 Å². The molecule has 0 saturated heterocycles. The molecule has 1 aromatic rings. The number of nitrogens with two attached hydrogens (primary N) is 1. The van der Waals surface area contributed by atoms with Gasteiger partial charge in [0.2, 0.25) is 0 Å². The minimum absolute atomic E-state index is 0.128. The van der Waals surface area contributed by atoms with Crippen LogP contribution in [0.25, 0.3) is 0 Å². The molecular weight excluding hydrogens is 370 g/mol. The number of ether oxygens (including phenoxy) is 1. The van der Waals surface area contributed by atoms with Crippen molar-refractivity contribution in [3.63, 3.8) is 0 Å². The third kappa shape index (κ3) is 7.09. The van der Waals surface area contributed by atoms with Crippen LogP contribution < -0.4 is 16.4 Å². The second-order valence-corrected chi connectivity index (χ2v) is 7.35. The van der Waals surface area contributed by atoms with Gasteiger partial charge in [-0.1, -0.05) is 43.5 Å². The number of primary amides is 1. The molecule has 8 heteroatoms. The fourth-order valence-corrected chi connectivity index (χ4v) is 3.40. The summed E-state index contributed by atoms with van der Waals surface area (Å²) >= 11 is 5.85. The van der Waals surface area contributed by atoms with Crippen molar-refractivity contribution < 1.29 is 19.1 Å². The van der Waals surface area contributed by atoms with Gasteiger partial charge in [-0.05, 0) is 36.5 Å². The van der Waals surface area contributed by atoms with Gasteiger partial charge in [-0.3, -0.25) is 9.59 Å². The second kappa shape index (κ2) is 10.2. The van der Waals surface area contributed by atoms with Crippen molar-refractivity contribution in [3.8, 4) is 0 Å². The van der Waals surface area contributed by atoms with Crippen LogP contribution in [0.3, 0.4) is 0 Å². The molecule has 7 nitrogen and oxygen atoms in total. The smallest absolute Gasteiger partial charge is 0.312 e. The highest BCUT2D eigenvalue weighted by molar-refractivity contribution is 6.30. The van der Waals surface area contributed by atoms with Gasteiger partial charge in [-0.15, -0.1) is 0 Å². The third-order valence-corrected chi connectivity index (χ3v) is 5.03. The molecule has 2 rings (SSSR count). The number of carbonyl (C=O) groups excluding carboxylic acids is 3. The van der Waals surface area contributed by atoms with Crippen molar-refractivity contribution in [3.05, 3.63) is 34.9 Å². The number of rotatable bonds is 7. The fraction of sp³-hybridized carbons (Fsp3) is 0.526. The maximum Gasteiger partial charge on any atom is 0.312 e. The minimum Gasteiger partial charge on any atom is -0.456 e. The monoisotopic (exact) mass is 395 g/mol. The van der Waals surface area contributed by atoms with Gasteiger partial charge in [0, 0.05) is 11.1 Å². The predicted molar refractivity (Wildman–Crippen MR) is 102 cm³/mol. The Labute approximate surface area is 164 Å². The van der Waals surface area contributed by atoms with Crippen LogP contribution in [0.2, 0.25) is 5.02 Å². The molecule has 1 aliphatic rings. The highest BCUT2D eigenvalue weighted by atomic mass is 35.5. The van der Waals surface area contributed by atoms with Crippen LogP contribution in [0, 0.1) is 5.92 Å². The number of amides is 3. The lowest BCUT2D eigenvalue weighted by Gasteiger charge is -2.29. The summed E-state index contributed by atoms with van der Waals surface area (Å²) < 4.78 is 5.07. The quantitative estimate of drug-likeness (QED) is 0.616. The van der Waals surface area contributed by atoms with Gasteiger partial charge in [-0.25, -0.2) is 4.79 Å². The number of benzene rings is 1. The molecule has 0 aromatic heterocycles. The van der Waals surface area contributed by atoms with Gasteiger partial charge >= 0.3 is 12.0 Å².